The quantitative estimate of drug-likeness (QED) is 0.847. The Morgan fingerprint density at radius 2 is 2.38 bits per heavy atom. The number of thiophene rings is 1. The Morgan fingerprint density at radius 3 is 3.12 bits per heavy atom. The van der Waals surface area contributed by atoms with Gasteiger partial charge >= 0.3 is 0 Å². The first kappa shape index (κ1) is 9.99. The van der Waals surface area contributed by atoms with Crippen molar-refractivity contribution in [3.05, 3.63) is 17.8 Å². The molecule has 1 unspecified atom stereocenters. The lowest BCUT2D eigenvalue weighted by atomic mass is 10.2. The summed E-state index contributed by atoms with van der Waals surface area (Å²) in [5, 5.41) is 6.59. The number of rotatable bonds is 4. The second-order valence-corrected chi connectivity index (χ2v) is 5.08. The lowest BCUT2D eigenvalue weighted by Gasteiger charge is -2.16. The molecule has 1 saturated carbocycles. The largest absolute Gasteiger partial charge is 0.365 e. The van der Waals surface area contributed by atoms with Gasteiger partial charge in [0.05, 0.1) is 5.39 Å². The fourth-order valence-electron chi connectivity index (χ4n) is 1.95. The van der Waals surface area contributed by atoms with Crippen LogP contribution in [-0.2, 0) is 0 Å². The van der Waals surface area contributed by atoms with Crippen LogP contribution in [0.5, 0.6) is 0 Å². The molecule has 1 aliphatic rings. The number of nitrogens with one attached hydrogen (secondary N) is 1. The molecular formula is C11H14N4S. The third-order valence-corrected chi connectivity index (χ3v) is 3.85. The Labute approximate surface area is 97.9 Å². The molecule has 2 aromatic heterocycles. The molecular weight excluding hydrogens is 220 g/mol. The van der Waals surface area contributed by atoms with E-state index in [-0.39, 0.29) is 0 Å². The molecule has 0 bridgehead atoms. The Balaban J connectivity index is 1.89. The maximum absolute atomic E-state index is 5.78. The summed E-state index contributed by atoms with van der Waals surface area (Å²) >= 11 is 1.64. The highest BCUT2D eigenvalue weighted by Crippen LogP contribution is 2.34. The highest BCUT2D eigenvalue weighted by molar-refractivity contribution is 7.16. The standard InChI is InChI=1S/C11H14N4S/c12-5-9(7-1-2-7)15-10-8-3-4-16-11(8)14-6-13-10/h3-4,6-7,9H,1-2,5,12H2,(H,13,14,15). The summed E-state index contributed by atoms with van der Waals surface area (Å²) in [6, 6.07) is 2.42. The number of aromatic nitrogens is 2. The van der Waals surface area contributed by atoms with Crippen LogP contribution >= 0.6 is 11.3 Å². The van der Waals surface area contributed by atoms with Crippen LogP contribution in [0.1, 0.15) is 12.8 Å². The van der Waals surface area contributed by atoms with Crippen LogP contribution in [0.15, 0.2) is 17.8 Å². The molecule has 0 amide bonds. The van der Waals surface area contributed by atoms with Crippen LogP contribution < -0.4 is 11.1 Å². The van der Waals surface area contributed by atoms with Gasteiger partial charge < -0.3 is 11.1 Å². The van der Waals surface area contributed by atoms with Crippen molar-refractivity contribution in [3.63, 3.8) is 0 Å². The number of hydrogen-bond acceptors (Lipinski definition) is 5. The Bertz CT molecular complexity index is 491. The number of nitrogens with zero attached hydrogens (tertiary/aromatic N) is 2. The summed E-state index contributed by atoms with van der Waals surface area (Å²) in [5.41, 5.74) is 5.78. The van der Waals surface area contributed by atoms with Gasteiger partial charge in [0, 0.05) is 12.6 Å². The molecule has 3 N–H and O–H groups in total. The van der Waals surface area contributed by atoms with Crippen molar-refractivity contribution >= 4 is 27.4 Å². The highest BCUT2D eigenvalue weighted by atomic mass is 32.1. The fraction of sp³-hybridized carbons (Fsp3) is 0.455. The normalized spacial score (nSPS) is 17.6. The van der Waals surface area contributed by atoms with E-state index < -0.39 is 0 Å². The van der Waals surface area contributed by atoms with E-state index in [4.69, 9.17) is 5.73 Å². The van der Waals surface area contributed by atoms with E-state index >= 15 is 0 Å². The van der Waals surface area contributed by atoms with Crippen LogP contribution in [0.2, 0.25) is 0 Å². The lowest BCUT2D eigenvalue weighted by molar-refractivity contribution is 0.643. The number of hydrogen-bond donors (Lipinski definition) is 2. The SMILES string of the molecule is NCC(Nc1ncnc2sccc12)C1CC1. The second-order valence-electron chi connectivity index (χ2n) is 4.19. The zero-order valence-electron chi connectivity index (χ0n) is 8.89. The Kier molecular flexibility index (Phi) is 2.49. The summed E-state index contributed by atoms with van der Waals surface area (Å²) in [5.74, 6) is 1.65. The molecule has 0 aliphatic heterocycles. The molecule has 0 spiro atoms. The molecule has 1 aliphatic carbocycles. The van der Waals surface area contributed by atoms with Crippen molar-refractivity contribution < 1.29 is 0 Å². The van der Waals surface area contributed by atoms with Crippen molar-refractivity contribution in [2.75, 3.05) is 11.9 Å². The van der Waals surface area contributed by atoms with Crippen molar-refractivity contribution in [3.8, 4) is 0 Å². The predicted molar refractivity (Wildman–Crippen MR) is 66.6 cm³/mol. The summed E-state index contributed by atoms with van der Waals surface area (Å²) in [6.45, 7) is 0.667. The van der Waals surface area contributed by atoms with E-state index in [1.54, 1.807) is 17.7 Å². The first-order valence-electron chi connectivity index (χ1n) is 5.53. The van der Waals surface area contributed by atoms with Crippen LogP contribution in [-0.4, -0.2) is 22.6 Å². The molecule has 1 fully saturated rings. The third kappa shape index (κ3) is 1.76. The van der Waals surface area contributed by atoms with Crippen molar-refractivity contribution in [2.45, 2.75) is 18.9 Å². The minimum atomic E-state index is 0.359. The second kappa shape index (κ2) is 3.99. The van der Waals surface area contributed by atoms with Crippen LogP contribution in [0, 0.1) is 5.92 Å². The van der Waals surface area contributed by atoms with E-state index in [1.807, 2.05) is 5.38 Å². The lowest BCUT2D eigenvalue weighted by Crippen LogP contribution is -2.31. The van der Waals surface area contributed by atoms with Gasteiger partial charge in [0.2, 0.25) is 0 Å². The van der Waals surface area contributed by atoms with Gasteiger partial charge in [0.25, 0.3) is 0 Å². The van der Waals surface area contributed by atoms with Gasteiger partial charge in [-0.2, -0.15) is 0 Å². The molecule has 16 heavy (non-hydrogen) atoms. The monoisotopic (exact) mass is 234 g/mol. The number of anilines is 1. The van der Waals surface area contributed by atoms with Gasteiger partial charge in [-0.15, -0.1) is 11.3 Å². The molecule has 0 aromatic carbocycles. The van der Waals surface area contributed by atoms with Gasteiger partial charge in [0.1, 0.15) is 17.0 Å². The molecule has 1 atom stereocenters. The minimum Gasteiger partial charge on any atom is -0.365 e. The maximum atomic E-state index is 5.78. The van der Waals surface area contributed by atoms with E-state index in [9.17, 15) is 0 Å². The van der Waals surface area contributed by atoms with Gasteiger partial charge in [-0.05, 0) is 30.2 Å². The summed E-state index contributed by atoms with van der Waals surface area (Å²) in [4.78, 5) is 9.57. The minimum absolute atomic E-state index is 0.359. The zero-order valence-corrected chi connectivity index (χ0v) is 9.70. The highest BCUT2D eigenvalue weighted by Gasteiger charge is 2.30. The fourth-order valence-corrected chi connectivity index (χ4v) is 2.68. The molecule has 5 heteroatoms. The zero-order chi connectivity index (χ0) is 11.0. The number of fused-ring (bicyclic) bond motifs is 1. The topological polar surface area (TPSA) is 63.8 Å². The van der Waals surface area contributed by atoms with Crippen LogP contribution in [0.25, 0.3) is 10.2 Å². The van der Waals surface area contributed by atoms with E-state index in [0.717, 1.165) is 22.0 Å². The number of nitrogens with two attached hydrogens (primary N) is 1. The van der Waals surface area contributed by atoms with Gasteiger partial charge in [0.15, 0.2) is 0 Å². The molecule has 0 saturated heterocycles. The van der Waals surface area contributed by atoms with Crippen LogP contribution in [0.4, 0.5) is 5.82 Å². The van der Waals surface area contributed by atoms with Gasteiger partial charge in [-0.3, -0.25) is 0 Å². The first-order valence-corrected chi connectivity index (χ1v) is 6.41. The Hall–Kier alpha value is -1.20. The third-order valence-electron chi connectivity index (χ3n) is 3.03. The average Bonchev–Trinajstić information content (AvgIpc) is 3.03. The van der Waals surface area contributed by atoms with E-state index in [2.05, 4.69) is 21.4 Å². The van der Waals surface area contributed by atoms with E-state index in [0.29, 0.717) is 12.6 Å². The smallest absolute Gasteiger partial charge is 0.138 e. The maximum Gasteiger partial charge on any atom is 0.138 e. The summed E-state index contributed by atoms with van der Waals surface area (Å²) in [7, 11) is 0. The summed E-state index contributed by atoms with van der Waals surface area (Å²) < 4.78 is 0. The van der Waals surface area contributed by atoms with Crippen molar-refractivity contribution in [2.24, 2.45) is 11.7 Å². The van der Waals surface area contributed by atoms with Gasteiger partial charge in [-0.1, -0.05) is 0 Å². The molecule has 4 nitrogen and oxygen atoms in total. The van der Waals surface area contributed by atoms with Crippen molar-refractivity contribution in [1.82, 2.24) is 9.97 Å². The Morgan fingerprint density at radius 1 is 1.50 bits per heavy atom. The van der Waals surface area contributed by atoms with Crippen LogP contribution in [0.3, 0.4) is 0 Å². The summed E-state index contributed by atoms with van der Waals surface area (Å²) in [6.07, 6.45) is 4.18. The molecule has 2 aromatic rings. The molecule has 3 rings (SSSR count). The first-order chi connectivity index (χ1) is 7.88. The van der Waals surface area contributed by atoms with Crippen molar-refractivity contribution in [1.29, 1.82) is 0 Å². The molecule has 0 radical (unpaired) electrons. The predicted octanol–water partition coefficient (Wildman–Crippen LogP) is 1.84. The molecule has 84 valence electrons. The van der Waals surface area contributed by atoms with Gasteiger partial charge in [-0.25, -0.2) is 9.97 Å². The average molecular weight is 234 g/mol. The van der Waals surface area contributed by atoms with E-state index in [1.165, 1.54) is 12.8 Å². The molecule has 2 heterocycles.